The van der Waals surface area contributed by atoms with Gasteiger partial charge >= 0.3 is 0 Å². The van der Waals surface area contributed by atoms with Crippen LogP contribution in [-0.4, -0.2) is 27.7 Å². The fraction of sp³-hybridized carbons (Fsp3) is 0.583. The Morgan fingerprint density at radius 2 is 2.38 bits per heavy atom. The third-order valence-corrected chi connectivity index (χ3v) is 3.06. The molecule has 2 rings (SSSR count). The number of rotatable bonds is 5. The van der Waals surface area contributed by atoms with Crippen molar-refractivity contribution in [3.05, 3.63) is 24.0 Å². The van der Waals surface area contributed by atoms with Crippen LogP contribution in [0.4, 0.5) is 0 Å². The first-order chi connectivity index (χ1) is 7.71. The molecule has 0 spiro atoms. The van der Waals surface area contributed by atoms with Crippen molar-refractivity contribution in [3.63, 3.8) is 0 Å². The standard InChI is InChI=1S/C12H18N2O2/c1-2-7-14-8-3-4-10(14)11(16)13-12(9-15)5-6-12/h3-4,8,15H,2,5-7,9H2,1H3,(H,13,16). The minimum absolute atomic E-state index is 0.0349. The van der Waals surface area contributed by atoms with Gasteiger partial charge in [-0.3, -0.25) is 4.79 Å². The first-order valence-corrected chi connectivity index (χ1v) is 5.79. The average molecular weight is 222 g/mol. The molecule has 1 aliphatic carbocycles. The monoisotopic (exact) mass is 222 g/mol. The number of aromatic nitrogens is 1. The highest BCUT2D eigenvalue weighted by Crippen LogP contribution is 2.34. The number of aliphatic hydroxyl groups is 1. The number of amides is 1. The van der Waals surface area contributed by atoms with Gasteiger partial charge in [-0.05, 0) is 31.4 Å². The highest BCUT2D eigenvalue weighted by molar-refractivity contribution is 5.93. The van der Waals surface area contributed by atoms with E-state index in [0.717, 1.165) is 25.8 Å². The third-order valence-electron chi connectivity index (χ3n) is 3.06. The van der Waals surface area contributed by atoms with Crippen molar-refractivity contribution >= 4 is 5.91 Å². The summed E-state index contributed by atoms with van der Waals surface area (Å²) in [4.78, 5) is 12.0. The van der Waals surface area contributed by atoms with E-state index in [4.69, 9.17) is 5.11 Å². The van der Waals surface area contributed by atoms with E-state index in [9.17, 15) is 4.79 Å². The van der Waals surface area contributed by atoms with Gasteiger partial charge in [0.25, 0.3) is 5.91 Å². The number of aryl methyl sites for hydroxylation is 1. The van der Waals surface area contributed by atoms with Gasteiger partial charge in [0.15, 0.2) is 0 Å². The second kappa shape index (κ2) is 4.29. The predicted octanol–water partition coefficient (Wildman–Crippen LogP) is 1.15. The Morgan fingerprint density at radius 1 is 1.62 bits per heavy atom. The minimum atomic E-state index is -0.335. The number of hydrogen-bond donors (Lipinski definition) is 2. The van der Waals surface area contributed by atoms with Gasteiger partial charge in [-0.25, -0.2) is 0 Å². The molecule has 4 heteroatoms. The largest absolute Gasteiger partial charge is 0.394 e. The molecule has 1 saturated carbocycles. The Kier molecular flexibility index (Phi) is 3.01. The number of nitrogens with one attached hydrogen (secondary N) is 1. The van der Waals surface area contributed by atoms with Crippen molar-refractivity contribution in [2.45, 2.75) is 38.3 Å². The van der Waals surface area contributed by atoms with Crippen LogP contribution >= 0.6 is 0 Å². The van der Waals surface area contributed by atoms with Crippen LogP contribution in [0.15, 0.2) is 18.3 Å². The van der Waals surface area contributed by atoms with Crippen molar-refractivity contribution in [1.82, 2.24) is 9.88 Å². The lowest BCUT2D eigenvalue weighted by atomic mass is 10.2. The van der Waals surface area contributed by atoms with Crippen molar-refractivity contribution in [2.75, 3.05) is 6.61 Å². The summed E-state index contributed by atoms with van der Waals surface area (Å²) in [6.07, 6.45) is 4.67. The van der Waals surface area contributed by atoms with E-state index >= 15 is 0 Å². The molecule has 0 atom stereocenters. The number of nitrogens with zero attached hydrogens (tertiary/aromatic N) is 1. The maximum absolute atomic E-state index is 12.0. The minimum Gasteiger partial charge on any atom is -0.394 e. The van der Waals surface area contributed by atoms with Gasteiger partial charge in [-0.2, -0.15) is 0 Å². The van der Waals surface area contributed by atoms with Crippen LogP contribution in [0.1, 0.15) is 36.7 Å². The molecule has 0 saturated heterocycles. The molecule has 4 nitrogen and oxygen atoms in total. The fourth-order valence-corrected chi connectivity index (χ4v) is 1.83. The molecule has 1 heterocycles. The summed E-state index contributed by atoms with van der Waals surface area (Å²) < 4.78 is 1.95. The van der Waals surface area contributed by atoms with Gasteiger partial charge in [0.05, 0.1) is 12.1 Å². The lowest BCUT2D eigenvalue weighted by Gasteiger charge is -2.15. The van der Waals surface area contributed by atoms with E-state index < -0.39 is 0 Å². The maximum Gasteiger partial charge on any atom is 0.268 e. The molecule has 1 fully saturated rings. The van der Waals surface area contributed by atoms with Crippen LogP contribution in [-0.2, 0) is 6.54 Å². The van der Waals surface area contributed by atoms with Crippen molar-refractivity contribution < 1.29 is 9.90 Å². The van der Waals surface area contributed by atoms with Crippen LogP contribution in [0, 0.1) is 0 Å². The van der Waals surface area contributed by atoms with Gasteiger partial charge in [-0.1, -0.05) is 6.92 Å². The summed E-state index contributed by atoms with van der Waals surface area (Å²) in [7, 11) is 0. The van der Waals surface area contributed by atoms with Gasteiger partial charge in [0.1, 0.15) is 5.69 Å². The number of hydrogen-bond acceptors (Lipinski definition) is 2. The van der Waals surface area contributed by atoms with E-state index in [-0.39, 0.29) is 18.1 Å². The Morgan fingerprint density at radius 3 is 2.94 bits per heavy atom. The van der Waals surface area contributed by atoms with Gasteiger partial charge in [-0.15, -0.1) is 0 Å². The number of carbonyl (C=O) groups is 1. The average Bonchev–Trinajstić information content (AvgIpc) is 2.88. The normalized spacial score (nSPS) is 17.1. The van der Waals surface area contributed by atoms with Gasteiger partial charge in [0.2, 0.25) is 0 Å². The smallest absolute Gasteiger partial charge is 0.268 e. The van der Waals surface area contributed by atoms with Crippen molar-refractivity contribution in [2.24, 2.45) is 0 Å². The van der Waals surface area contributed by atoms with E-state index in [2.05, 4.69) is 12.2 Å². The molecule has 16 heavy (non-hydrogen) atoms. The molecule has 1 amide bonds. The lowest BCUT2D eigenvalue weighted by Crippen LogP contribution is -2.40. The molecule has 1 aromatic heterocycles. The second-order valence-corrected chi connectivity index (χ2v) is 4.48. The molecule has 0 aliphatic heterocycles. The van der Waals surface area contributed by atoms with Crippen molar-refractivity contribution in [1.29, 1.82) is 0 Å². The van der Waals surface area contributed by atoms with Crippen LogP contribution in [0.25, 0.3) is 0 Å². The Balaban J connectivity index is 2.05. The quantitative estimate of drug-likeness (QED) is 0.785. The summed E-state index contributed by atoms with van der Waals surface area (Å²) in [5.74, 6) is -0.0787. The first kappa shape index (κ1) is 11.2. The molecule has 1 aromatic rings. The van der Waals surface area contributed by atoms with E-state index in [1.54, 1.807) is 0 Å². The zero-order valence-electron chi connectivity index (χ0n) is 9.57. The predicted molar refractivity (Wildman–Crippen MR) is 61.2 cm³/mol. The maximum atomic E-state index is 12.0. The van der Waals surface area contributed by atoms with Gasteiger partial charge in [0, 0.05) is 12.7 Å². The highest BCUT2D eigenvalue weighted by atomic mass is 16.3. The highest BCUT2D eigenvalue weighted by Gasteiger charge is 2.43. The van der Waals surface area contributed by atoms with Crippen molar-refractivity contribution in [3.8, 4) is 0 Å². The van der Waals surface area contributed by atoms with Crippen LogP contribution < -0.4 is 5.32 Å². The van der Waals surface area contributed by atoms with Crippen LogP contribution in [0.5, 0.6) is 0 Å². The molecule has 1 aliphatic rings. The molecule has 0 bridgehead atoms. The SMILES string of the molecule is CCCn1cccc1C(=O)NC1(CO)CC1. The van der Waals surface area contributed by atoms with Crippen LogP contribution in [0.2, 0.25) is 0 Å². The molecule has 0 radical (unpaired) electrons. The van der Waals surface area contributed by atoms with E-state index in [0.29, 0.717) is 5.69 Å². The zero-order valence-corrected chi connectivity index (χ0v) is 9.57. The molecular formula is C12H18N2O2. The summed E-state index contributed by atoms with van der Waals surface area (Å²) in [6, 6.07) is 3.70. The third kappa shape index (κ3) is 2.11. The first-order valence-electron chi connectivity index (χ1n) is 5.79. The summed E-state index contributed by atoms with van der Waals surface area (Å²) >= 11 is 0. The van der Waals surface area contributed by atoms with E-state index in [1.165, 1.54) is 0 Å². The zero-order chi connectivity index (χ0) is 11.6. The Hall–Kier alpha value is -1.29. The topological polar surface area (TPSA) is 54.3 Å². The number of aliphatic hydroxyl groups excluding tert-OH is 1. The van der Waals surface area contributed by atoms with Crippen LogP contribution in [0.3, 0.4) is 0 Å². The molecular weight excluding hydrogens is 204 g/mol. The molecule has 88 valence electrons. The molecule has 0 unspecified atom stereocenters. The second-order valence-electron chi connectivity index (χ2n) is 4.48. The Bertz CT molecular complexity index is 380. The molecule has 2 N–H and O–H groups in total. The lowest BCUT2D eigenvalue weighted by molar-refractivity contribution is 0.0897. The fourth-order valence-electron chi connectivity index (χ4n) is 1.83. The summed E-state index contributed by atoms with van der Waals surface area (Å²) in [6.45, 7) is 2.97. The van der Waals surface area contributed by atoms with E-state index in [1.807, 2.05) is 22.9 Å². The number of carbonyl (C=O) groups excluding carboxylic acids is 1. The summed E-state index contributed by atoms with van der Waals surface area (Å²) in [5.41, 5.74) is 0.347. The van der Waals surface area contributed by atoms with Gasteiger partial charge < -0.3 is 15.0 Å². The molecule has 0 aromatic carbocycles. The summed E-state index contributed by atoms with van der Waals surface area (Å²) in [5, 5.41) is 12.1. The Labute approximate surface area is 95.3 Å².